The third-order valence-corrected chi connectivity index (χ3v) is 4.40. The number of carbonyl (C=O) groups is 2. The van der Waals surface area contributed by atoms with Gasteiger partial charge in [0, 0.05) is 18.7 Å². The van der Waals surface area contributed by atoms with Crippen LogP contribution in [0.3, 0.4) is 0 Å². The van der Waals surface area contributed by atoms with E-state index >= 15 is 0 Å². The van der Waals surface area contributed by atoms with Gasteiger partial charge < -0.3 is 19.1 Å². The lowest BCUT2D eigenvalue weighted by Crippen LogP contribution is -2.55. The standard InChI is InChI=1S/C18H23N3O5/c1-3-26-17(23)14-15(12-6-4-5-7-13(12)24-2)19-18(20-16(14)22)21-8-10-25-11-9-21/h4-7,14-15H,3,8-11H2,1-2H3,(H,19,20,22)/t14-,15-/m1/s1. The normalized spacial score (nSPS) is 23.1. The third-order valence-electron chi connectivity index (χ3n) is 4.40. The fourth-order valence-corrected chi connectivity index (χ4v) is 3.13. The summed E-state index contributed by atoms with van der Waals surface area (Å²) < 4.78 is 15.9. The van der Waals surface area contributed by atoms with Gasteiger partial charge in [0.05, 0.1) is 26.9 Å². The van der Waals surface area contributed by atoms with E-state index in [9.17, 15) is 9.59 Å². The zero-order valence-electron chi connectivity index (χ0n) is 14.9. The highest BCUT2D eigenvalue weighted by Gasteiger charge is 2.43. The smallest absolute Gasteiger partial charge is 0.321 e. The van der Waals surface area contributed by atoms with Crippen molar-refractivity contribution >= 4 is 17.8 Å². The Balaban J connectivity index is 2.01. The van der Waals surface area contributed by atoms with Crippen LogP contribution in [0.2, 0.25) is 0 Å². The molecule has 3 rings (SSSR count). The van der Waals surface area contributed by atoms with Crippen molar-refractivity contribution in [3.05, 3.63) is 29.8 Å². The van der Waals surface area contributed by atoms with Crippen molar-refractivity contribution < 1.29 is 23.8 Å². The summed E-state index contributed by atoms with van der Waals surface area (Å²) in [4.78, 5) is 31.8. The van der Waals surface area contributed by atoms with Gasteiger partial charge in [-0.25, -0.2) is 4.99 Å². The van der Waals surface area contributed by atoms with E-state index in [1.165, 1.54) is 0 Å². The molecule has 0 spiro atoms. The Kier molecular flexibility index (Phi) is 5.72. The van der Waals surface area contributed by atoms with Crippen LogP contribution >= 0.6 is 0 Å². The Morgan fingerprint density at radius 2 is 2.08 bits per heavy atom. The van der Waals surface area contributed by atoms with Gasteiger partial charge in [-0.2, -0.15) is 0 Å². The molecule has 0 aromatic heterocycles. The van der Waals surface area contributed by atoms with Crippen molar-refractivity contribution in [2.75, 3.05) is 40.0 Å². The highest BCUT2D eigenvalue weighted by Crippen LogP contribution is 2.36. The number of morpholine rings is 1. The number of aliphatic imine (C=N–C) groups is 1. The number of rotatable bonds is 4. The molecule has 2 heterocycles. The first-order valence-electron chi connectivity index (χ1n) is 8.66. The van der Waals surface area contributed by atoms with E-state index in [0.29, 0.717) is 43.6 Å². The van der Waals surface area contributed by atoms with Crippen LogP contribution < -0.4 is 10.1 Å². The average molecular weight is 361 g/mol. The van der Waals surface area contributed by atoms with Gasteiger partial charge in [-0.1, -0.05) is 18.2 Å². The lowest BCUT2D eigenvalue weighted by atomic mass is 9.90. The van der Waals surface area contributed by atoms with E-state index in [-0.39, 0.29) is 6.61 Å². The molecular weight excluding hydrogens is 338 g/mol. The molecule has 8 nitrogen and oxygen atoms in total. The summed E-state index contributed by atoms with van der Waals surface area (Å²) in [5.74, 6) is -1.04. The van der Waals surface area contributed by atoms with Crippen molar-refractivity contribution in [1.82, 2.24) is 10.2 Å². The molecule has 0 unspecified atom stereocenters. The van der Waals surface area contributed by atoms with E-state index in [0.717, 1.165) is 0 Å². The molecule has 1 amide bonds. The molecule has 1 saturated heterocycles. The van der Waals surface area contributed by atoms with Gasteiger partial charge in [0.15, 0.2) is 5.92 Å². The van der Waals surface area contributed by atoms with Crippen molar-refractivity contribution in [2.45, 2.75) is 13.0 Å². The number of guanidine groups is 1. The number of nitrogens with zero attached hydrogens (tertiary/aromatic N) is 2. The van der Waals surface area contributed by atoms with Crippen LogP contribution in [0.5, 0.6) is 5.75 Å². The number of nitrogens with one attached hydrogen (secondary N) is 1. The molecule has 8 heteroatoms. The Bertz CT molecular complexity index is 700. The second-order valence-corrected chi connectivity index (χ2v) is 5.96. The number of methoxy groups -OCH3 is 1. The molecular formula is C18H23N3O5. The van der Waals surface area contributed by atoms with Crippen molar-refractivity contribution in [3.8, 4) is 5.75 Å². The van der Waals surface area contributed by atoms with E-state index in [1.54, 1.807) is 20.1 Å². The summed E-state index contributed by atoms with van der Waals surface area (Å²) in [5, 5.41) is 2.75. The van der Waals surface area contributed by atoms with Gasteiger partial charge >= 0.3 is 5.97 Å². The summed E-state index contributed by atoms with van der Waals surface area (Å²) >= 11 is 0. The molecule has 1 N–H and O–H groups in total. The van der Waals surface area contributed by atoms with Gasteiger partial charge in [-0.05, 0) is 13.0 Å². The fourth-order valence-electron chi connectivity index (χ4n) is 3.13. The number of esters is 1. The van der Waals surface area contributed by atoms with E-state index in [4.69, 9.17) is 19.2 Å². The van der Waals surface area contributed by atoms with Crippen molar-refractivity contribution in [1.29, 1.82) is 0 Å². The van der Waals surface area contributed by atoms with Gasteiger partial charge in [0.2, 0.25) is 11.9 Å². The molecule has 2 atom stereocenters. The van der Waals surface area contributed by atoms with E-state index in [2.05, 4.69) is 5.32 Å². The molecule has 0 bridgehead atoms. The minimum Gasteiger partial charge on any atom is -0.496 e. The first-order chi connectivity index (χ1) is 12.7. The number of carbonyl (C=O) groups excluding carboxylic acids is 2. The Hall–Kier alpha value is -2.61. The topological polar surface area (TPSA) is 89.5 Å². The summed E-state index contributed by atoms with van der Waals surface area (Å²) in [6.07, 6.45) is 0. The molecule has 0 saturated carbocycles. The SMILES string of the molecule is CCOC(=O)[C@H]1C(=O)NC(N2CCOCC2)=N[C@@H]1c1ccccc1OC. The van der Waals surface area contributed by atoms with Crippen LogP contribution in [0, 0.1) is 5.92 Å². The van der Waals surface area contributed by atoms with Gasteiger partial charge in [-0.15, -0.1) is 0 Å². The Morgan fingerprint density at radius 1 is 1.35 bits per heavy atom. The quantitative estimate of drug-likeness (QED) is 0.628. The highest BCUT2D eigenvalue weighted by atomic mass is 16.5. The Morgan fingerprint density at radius 3 is 2.77 bits per heavy atom. The molecule has 0 aliphatic carbocycles. The summed E-state index contributed by atoms with van der Waals surface area (Å²) in [6, 6.07) is 6.55. The zero-order valence-corrected chi connectivity index (χ0v) is 14.9. The molecule has 1 fully saturated rings. The second-order valence-electron chi connectivity index (χ2n) is 5.96. The molecule has 26 heavy (non-hydrogen) atoms. The van der Waals surface area contributed by atoms with Crippen LogP contribution in [0.15, 0.2) is 29.3 Å². The molecule has 0 radical (unpaired) electrons. The van der Waals surface area contributed by atoms with Crippen LogP contribution in [0.1, 0.15) is 18.5 Å². The second kappa shape index (κ2) is 8.18. The number of hydrogen-bond acceptors (Lipinski definition) is 7. The van der Waals surface area contributed by atoms with Crippen LogP contribution in [0.25, 0.3) is 0 Å². The van der Waals surface area contributed by atoms with Crippen LogP contribution in [0.4, 0.5) is 0 Å². The molecule has 2 aliphatic heterocycles. The molecule has 140 valence electrons. The van der Waals surface area contributed by atoms with Crippen molar-refractivity contribution in [3.63, 3.8) is 0 Å². The molecule has 1 aromatic rings. The maximum atomic E-state index is 12.8. The first kappa shape index (κ1) is 18.2. The lowest BCUT2D eigenvalue weighted by molar-refractivity contribution is -0.153. The number of hydrogen-bond donors (Lipinski definition) is 1. The zero-order chi connectivity index (χ0) is 18.5. The Labute approximate surface area is 152 Å². The fraction of sp³-hybridized carbons (Fsp3) is 0.500. The maximum Gasteiger partial charge on any atom is 0.321 e. The van der Waals surface area contributed by atoms with Crippen LogP contribution in [-0.4, -0.2) is 62.8 Å². The largest absolute Gasteiger partial charge is 0.496 e. The van der Waals surface area contributed by atoms with Gasteiger partial charge in [-0.3, -0.25) is 14.9 Å². The number of amides is 1. The summed E-state index contributed by atoms with van der Waals surface area (Å²) in [5.41, 5.74) is 0.675. The predicted octanol–water partition coefficient (Wildman–Crippen LogP) is 0.734. The maximum absolute atomic E-state index is 12.8. The first-order valence-corrected chi connectivity index (χ1v) is 8.66. The van der Waals surface area contributed by atoms with E-state index in [1.807, 2.05) is 23.1 Å². The highest BCUT2D eigenvalue weighted by molar-refractivity contribution is 6.08. The molecule has 2 aliphatic rings. The predicted molar refractivity (Wildman–Crippen MR) is 93.8 cm³/mol. The average Bonchev–Trinajstić information content (AvgIpc) is 2.68. The molecule has 1 aromatic carbocycles. The summed E-state index contributed by atoms with van der Waals surface area (Å²) in [7, 11) is 1.55. The number of ether oxygens (including phenoxy) is 3. The third kappa shape index (κ3) is 3.65. The van der Waals surface area contributed by atoms with Crippen molar-refractivity contribution in [2.24, 2.45) is 10.9 Å². The van der Waals surface area contributed by atoms with Gasteiger partial charge in [0.1, 0.15) is 11.8 Å². The minimum atomic E-state index is -1.06. The summed E-state index contributed by atoms with van der Waals surface area (Å²) in [6.45, 7) is 4.29. The number of benzene rings is 1. The van der Waals surface area contributed by atoms with Crippen LogP contribution in [-0.2, 0) is 19.1 Å². The minimum absolute atomic E-state index is 0.196. The lowest BCUT2D eigenvalue weighted by Gasteiger charge is -2.35. The monoisotopic (exact) mass is 361 g/mol. The van der Waals surface area contributed by atoms with E-state index < -0.39 is 23.8 Å². The van der Waals surface area contributed by atoms with Gasteiger partial charge in [0.25, 0.3) is 0 Å². The number of para-hydroxylation sites is 1.